The minimum Gasteiger partial charge on any atom is -0.499 e. The summed E-state index contributed by atoms with van der Waals surface area (Å²) < 4.78 is 45.5. The average Bonchev–Trinajstić information content (AvgIpc) is 3.10. The van der Waals surface area contributed by atoms with Gasteiger partial charge in [-0.15, -0.1) is 0 Å². The van der Waals surface area contributed by atoms with Crippen molar-refractivity contribution < 1.29 is 48.1 Å². The molecular formula is C25H36O10. The summed E-state index contributed by atoms with van der Waals surface area (Å²) >= 11 is 0. The van der Waals surface area contributed by atoms with Crippen LogP contribution in [0.5, 0.6) is 0 Å². The average molecular weight is 497 g/mol. The van der Waals surface area contributed by atoms with Crippen molar-refractivity contribution in [2.24, 2.45) is 0 Å². The molecule has 10 heteroatoms. The summed E-state index contributed by atoms with van der Waals surface area (Å²) in [5, 5.41) is 22.1. The SMILES string of the molecule is C=COCC1OC(COC=C)(CC2OC(COC=C)C(OC=C)C(O)C2OC=C)C(OC=C)C1O. The molecule has 2 fully saturated rings. The standard InChI is InChI=1S/C25H36O10/c1-7-28-14-18-20(26)24(33-12-6)25(35-18,16-30-9-3)13-17-22(31-10-4)21(27)23(32-11-5)19(34-17)15-29-8-2/h7-12,17-24,26-27H,1-6,13-16H2. The second kappa shape index (κ2) is 13.8. The molecule has 0 aliphatic carbocycles. The number of aliphatic hydroxyl groups is 2. The number of aliphatic hydroxyl groups excluding tert-OH is 2. The third kappa shape index (κ3) is 6.61. The molecule has 196 valence electrons. The summed E-state index contributed by atoms with van der Waals surface area (Å²) in [6.45, 7) is 21.4. The Morgan fingerprint density at radius 2 is 1.20 bits per heavy atom. The lowest BCUT2D eigenvalue weighted by Gasteiger charge is -2.46. The van der Waals surface area contributed by atoms with Crippen LogP contribution >= 0.6 is 0 Å². The van der Waals surface area contributed by atoms with Crippen LogP contribution in [0.1, 0.15) is 6.42 Å². The molecule has 0 aromatic carbocycles. The molecule has 9 atom stereocenters. The molecule has 2 aliphatic rings. The Morgan fingerprint density at radius 3 is 1.74 bits per heavy atom. The summed E-state index contributed by atoms with van der Waals surface area (Å²) in [7, 11) is 0. The van der Waals surface area contributed by atoms with E-state index in [1.807, 2.05) is 0 Å². The molecule has 0 amide bonds. The van der Waals surface area contributed by atoms with Crippen molar-refractivity contribution in [2.45, 2.75) is 60.9 Å². The van der Waals surface area contributed by atoms with Crippen LogP contribution in [0.4, 0.5) is 0 Å². The van der Waals surface area contributed by atoms with E-state index in [0.717, 1.165) is 0 Å². The van der Waals surface area contributed by atoms with Crippen molar-refractivity contribution in [3.05, 3.63) is 77.0 Å². The normalized spacial score (nSPS) is 36.2. The molecule has 9 unspecified atom stereocenters. The van der Waals surface area contributed by atoms with Crippen LogP contribution in [0.25, 0.3) is 0 Å². The molecule has 0 aromatic heterocycles. The fourth-order valence-corrected chi connectivity index (χ4v) is 4.45. The zero-order chi connectivity index (χ0) is 25.8. The molecule has 0 aromatic rings. The van der Waals surface area contributed by atoms with Crippen molar-refractivity contribution >= 4 is 0 Å². The van der Waals surface area contributed by atoms with E-state index in [4.69, 9.17) is 37.9 Å². The predicted octanol–water partition coefficient (Wildman–Crippen LogP) is 2.07. The van der Waals surface area contributed by atoms with Crippen LogP contribution in [0, 0.1) is 0 Å². The highest BCUT2D eigenvalue weighted by atomic mass is 16.6. The number of hydrogen-bond acceptors (Lipinski definition) is 10. The number of rotatable bonds is 17. The molecule has 0 saturated carbocycles. The highest BCUT2D eigenvalue weighted by molar-refractivity contribution is 5.08. The van der Waals surface area contributed by atoms with Gasteiger partial charge in [-0.25, -0.2) is 0 Å². The Bertz CT molecular complexity index is 725. The van der Waals surface area contributed by atoms with Crippen LogP contribution in [0.15, 0.2) is 77.0 Å². The lowest BCUT2D eigenvalue weighted by atomic mass is 9.84. The second-order valence-corrected chi connectivity index (χ2v) is 7.86. The summed E-state index contributed by atoms with van der Waals surface area (Å²) in [5.74, 6) is 0. The van der Waals surface area contributed by atoms with E-state index >= 15 is 0 Å². The summed E-state index contributed by atoms with van der Waals surface area (Å²) in [6, 6.07) is 0. The van der Waals surface area contributed by atoms with E-state index in [9.17, 15) is 10.2 Å². The molecule has 0 bridgehead atoms. The first kappa shape index (κ1) is 28.3. The first-order chi connectivity index (χ1) is 16.9. The van der Waals surface area contributed by atoms with Gasteiger partial charge in [0.05, 0.1) is 37.6 Å². The molecule has 0 spiro atoms. The maximum absolute atomic E-state index is 11.1. The number of hydrogen-bond donors (Lipinski definition) is 2. The fraction of sp³-hybridized carbons (Fsp3) is 0.520. The summed E-state index contributed by atoms with van der Waals surface area (Å²) in [5.41, 5.74) is -1.28. The van der Waals surface area contributed by atoms with Crippen LogP contribution in [0.2, 0.25) is 0 Å². The Hall–Kier alpha value is -2.92. The molecule has 2 saturated heterocycles. The van der Waals surface area contributed by atoms with Gasteiger partial charge in [-0.05, 0) is 0 Å². The van der Waals surface area contributed by atoms with Crippen molar-refractivity contribution in [2.75, 3.05) is 19.8 Å². The van der Waals surface area contributed by atoms with Gasteiger partial charge in [-0.3, -0.25) is 0 Å². The molecule has 0 radical (unpaired) electrons. The van der Waals surface area contributed by atoms with Gasteiger partial charge >= 0.3 is 0 Å². The molecule has 2 rings (SSSR count). The van der Waals surface area contributed by atoms with E-state index in [1.54, 1.807) is 0 Å². The lowest BCUT2D eigenvalue weighted by Crippen LogP contribution is -2.62. The third-order valence-corrected chi connectivity index (χ3v) is 5.85. The zero-order valence-corrected chi connectivity index (χ0v) is 19.8. The van der Waals surface area contributed by atoms with Gasteiger partial charge in [-0.1, -0.05) is 39.5 Å². The molecule has 2 heterocycles. The minimum atomic E-state index is -1.28. The van der Waals surface area contributed by atoms with Crippen molar-refractivity contribution in [3.63, 3.8) is 0 Å². The zero-order valence-electron chi connectivity index (χ0n) is 19.8. The molecule has 2 aliphatic heterocycles. The largest absolute Gasteiger partial charge is 0.499 e. The van der Waals surface area contributed by atoms with Gasteiger partial charge in [0.1, 0.15) is 55.9 Å². The maximum Gasteiger partial charge on any atom is 0.158 e. The van der Waals surface area contributed by atoms with Gasteiger partial charge in [-0.2, -0.15) is 0 Å². The van der Waals surface area contributed by atoms with Crippen molar-refractivity contribution in [1.29, 1.82) is 0 Å². The Kier molecular flexibility index (Phi) is 11.2. The van der Waals surface area contributed by atoms with E-state index in [1.165, 1.54) is 37.6 Å². The molecule has 10 nitrogen and oxygen atoms in total. The quantitative estimate of drug-likeness (QED) is 0.290. The van der Waals surface area contributed by atoms with E-state index in [0.29, 0.717) is 0 Å². The van der Waals surface area contributed by atoms with E-state index < -0.39 is 54.4 Å². The van der Waals surface area contributed by atoms with Crippen LogP contribution in [0.3, 0.4) is 0 Å². The van der Waals surface area contributed by atoms with Gasteiger partial charge in [0.25, 0.3) is 0 Å². The van der Waals surface area contributed by atoms with E-state index in [-0.39, 0.29) is 26.2 Å². The van der Waals surface area contributed by atoms with E-state index in [2.05, 4.69) is 39.5 Å². The Balaban J connectivity index is 2.44. The monoisotopic (exact) mass is 496 g/mol. The topological polar surface area (TPSA) is 114 Å². The molecule has 2 N–H and O–H groups in total. The highest BCUT2D eigenvalue weighted by Crippen LogP contribution is 2.41. The smallest absolute Gasteiger partial charge is 0.158 e. The second-order valence-electron chi connectivity index (χ2n) is 7.86. The third-order valence-electron chi connectivity index (χ3n) is 5.85. The van der Waals surface area contributed by atoms with Gasteiger partial charge in [0.15, 0.2) is 18.3 Å². The van der Waals surface area contributed by atoms with Gasteiger partial charge < -0.3 is 48.1 Å². The van der Waals surface area contributed by atoms with Gasteiger partial charge in [0.2, 0.25) is 0 Å². The van der Waals surface area contributed by atoms with Crippen LogP contribution in [-0.2, 0) is 37.9 Å². The first-order valence-corrected chi connectivity index (χ1v) is 11.1. The fourth-order valence-electron chi connectivity index (χ4n) is 4.45. The first-order valence-electron chi connectivity index (χ1n) is 11.1. The van der Waals surface area contributed by atoms with Gasteiger partial charge in [0, 0.05) is 6.42 Å². The maximum atomic E-state index is 11.1. The predicted molar refractivity (Wildman–Crippen MR) is 127 cm³/mol. The molecular weight excluding hydrogens is 460 g/mol. The summed E-state index contributed by atoms with van der Waals surface area (Å²) in [6.07, 6.45) is 0.155. The molecule has 35 heavy (non-hydrogen) atoms. The van der Waals surface area contributed by atoms with Crippen molar-refractivity contribution in [3.8, 4) is 0 Å². The van der Waals surface area contributed by atoms with Crippen LogP contribution in [-0.4, -0.2) is 84.5 Å². The minimum absolute atomic E-state index is 0.0172. The summed E-state index contributed by atoms with van der Waals surface area (Å²) in [4.78, 5) is 0. The van der Waals surface area contributed by atoms with Crippen LogP contribution < -0.4 is 0 Å². The van der Waals surface area contributed by atoms with Crippen molar-refractivity contribution in [1.82, 2.24) is 0 Å². The lowest BCUT2D eigenvalue weighted by molar-refractivity contribution is -0.249. The Morgan fingerprint density at radius 1 is 0.657 bits per heavy atom. The number of ether oxygens (including phenoxy) is 8. The Labute approximate surface area is 206 Å². The highest BCUT2D eigenvalue weighted by Gasteiger charge is 2.60.